The molecule has 1 fully saturated rings. The zero-order chi connectivity index (χ0) is 19.0. The monoisotopic (exact) mass is 384 g/mol. The number of thiophene rings is 1. The molecule has 0 bridgehead atoms. The number of piperidine rings is 1. The highest BCUT2D eigenvalue weighted by atomic mass is 32.1. The van der Waals surface area contributed by atoms with Crippen LogP contribution in [0.2, 0.25) is 0 Å². The molecule has 2 aromatic heterocycles. The smallest absolute Gasteiger partial charge is 0.226 e. The topological polar surface area (TPSA) is 49.3 Å². The van der Waals surface area contributed by atoms with Gasteiger partial charge in [-0.05, 0) is 48.4 Å². The molecule has 0 aromatic carbocycles. The third-order valence-electron chi connectivity index (χ3n) is 5.71. The van der Waals surface area contributed by atoms with E-state index in [2.05, 4.69) is 64.3 Å². The molecule has 4 rings (SSSR count). The molecule has 2 aliphatic rings. The molecule has 0 atom stereocenters. The molecule has 2 aromatic rings. The Hall–Kier alpha value is -1.95. The number of anilines is 1. The number of nitrogens with zero attached hydrogens (tertiary/aromatic N) is 4. The van der Waals surface area contributed by atoms with Gasteiger partial charge in [0.25, 0.3) is 0 Å². The molecular formula is C21H28N4OS. The molecule has 0 radical (unpaired) electrons. The first-order valence-electron chi connectivity index (χ1n) is 9.85. The van der Waals surface area contributed by atoms with Gasteiger partial charge in [0.1, 0.15) is 0 Å². The van der Waals surface area contributed by atoms with Crippen molar-refractivity contribution in [2.45, 2.75) is 52.0 Å². The second-order valence-corrected chi connectivity index (χ2v) is 9.67. The Kier molecular flexibility index (Phi) is 4.93. The van der Waals surface area contributed by atoms with E-state index in [0.717, 1.165) is 57.0 Å². The van der Waals surface area contributed by atoms with Crippen molar-refractivity contribution in [2.75, 3.05) is 24.5 Å². The number of amides is 1. The second kappa shape index (κ2) is 7.23. The molecule has 6 heteroatoms. The summed E-state index contributed by atoms with van der Waals surface area (Å²) in [7, 11) is 0. The van der Waals surface area contributed by atoms with Crippen LogP contribution in [-0.4, -0.2) is 40.6 Å². The highest BCUT2D eigenvalue weighted by Gasteiger charge is 2.31. The van der Waals surface area contributed by atoms with Crippen molar-refractivity contribution in [2.24, 2.45) is 5.92 Å². The summed E-state index contributed by atoms with van der Waals surface area (Å²) in [5.74, 6) is 1.40. The van der Waals surface area contributed by atoms with Crippen LogP contribution >= 0.6 is 11.3 Å². The predicted octanol–water partition coefficient (Wildman–Crippen LogP) is 3.64. The Morgan fingerprint density at radius 1 is 1.11 bits per heavy atom. The Morgan fingerprint density at radius 2 is 1.89 bits per heavy atom. The van der Waals surface area contributed by atoms with Crippen LogP contribution in [0.3, 0.4) is 0 Å². The van der Waals surface area contributed by atoms with Gasteiger partial charge in [-0.25, -0.2) is 0 Å². The van der Waals surface area contributed by atoms with Gasteiger partial charge in [0.2, 0.25) is 5.91 Å². The quantitative estimate of drug-likeness (QED) is 0.793. The number of carbonyl (C=O) groups excluding carboxylic acids is 1. The summed E-state index contributed by atoms with van der Waals surface area (Å²) in [4.78, 5) is 18.7. The van der Waals surface area contributed by atoms with Crippen LogP contribution in [-0.2, 0) is 23.2 Å². The SMILES string of the molecule is CC(C)(C)c1ccc(N2CCC(C(=O)N3CCc4sccc4C3)CC2)nn1. The Labute approximate surface area is 165 Å². The minimum Gasteiger partial charge on any atom is -0.355 e. The zero-order valence-corrected chi connectivity index (χ0v) is 17.3. The second-order valence-electron chi connectivity index (χ2n) is 8.67. The number of aromatic nitrogens is 2. The fourth-order valence-corrected chi connectivity index (χ4v) is 4.83. The van der Waals surface area contributed by atoms with E-state index in [4.69, 9.17) is 0 Å². The van der Waals surface area contributed by atoms with Crippen LogP contribution in [0.4, 0.5) is 5.82 Å². The molecule has 1 saturated heterocycles. The largest absolute Gasteiger partial charge is 0.355 e. The molecule has 1 amide bonds. The molecule has 0 unspecified atom stereocenters. The molecular weight excluding hydrogens is 356 g/mol. The van der Waals surface area contributed by atoms with Gasteiger partial charge in [0.15, 0.2) is 5.82 Å². The van der Waals surface area contributed by atoms with Gasteiger partial charge in [-0.1, -0.05) is 20.8 Å². The summed E-state index contributed by atoms with van der Waals surface area (Å²) in [5, 5.41) is 11.0. The predicted molar refractivity (Wildman–Crippen MR) is 109 cm³/mol. The average Bonchev–Trinajstić information content (AvgIpc) is 3.15. The normalized spacial score (nSPS) is 18.5. The van der Waals surface area contributed by atoms with Crippen LogP contribution in [0.15, 0.2) is 23.6 Å². The third-order valence-corrected chi connectivity index (χ3v) is 6.73. The molecule has 27 heavy (non-hydrogen) atoms. The summed E-state index contributed by atoms with van der Waals surface area (Å²) >= 11 is 1.82. The van der Waals surface area contributed by atoms with Gasteiger partial charge in [0.05, 0.1) is 5.69 Å². The number of hydrogen-bond donors (Lipinski definition) is 0. The molecule has 0 N–H and O–H groups in total. The van der Waals surface area contributed by atoms with Gasteiger partial charge in [-0.3, -0.25) is 4.79 Å². The fraction of sp³-hybridized carbons (Fsp3) is 0.571. The number of hydrogen-bond acceptors (Lipinski definition) is 5. The summed E-state index contributed by atoms with van der Waals surface area (Å²) in [6.07, 6.45) is 2.80. The van der Waals surface area contributed by atoms with E-state index >= 15 is 0 Å². The van der Waals surface area contributed by atoms with E-state index in [1.165, 1.54) is 10.4 Å². The number of carbonyl (C=O) groups is 1. The average molecular weight is 385 g/mol. The van der Waals surface area contributed by atoms with Crippen LogP contribution in [0, 0.1) is 5.92 Å². The van der Waals surface area contributed by atoms with Gasteiger partial charge in [0, 0.05) is 42.4 Å². The summed E-state index contributed by atoms with van der Waals surface area (Å²) in [6, 6.07) is 6.31. The number of rotatable bonds is 2. The highest BCUT2D eigenvalue weighted by Crippen LogP contribution is 2.28. The number of fused-ring (bicyclic) bond motifs is 1. The molecule has 4 heterocycles. The fourth-order valence-electron chi connectivity index (χ4n) is 3.94. The van der Waals surface area contributed by atoms with Crippen molar-refractivity contribution in [1.82, 2.24) is 15.1 Å². The van der Waals surface area contributed by atoms with Gasteiger partial charge < -0.3 is 9.80 Å². The van der Waals surface area contributed by atoms with E-state index in [1.807, 2.05) is 11.3 Å². The first kappa shape index (κ1) is 18.4. The highest BCUT2D eigenvalue weighted by molar-refractivity contribution is 7.10. The molecule has 0 saturated carbocycles. The van der Waals surface area contributed by atoms with Crippen LogP contribution in [0.5, 0.6) is 0 Å². The van der Waals surface area contributed by atoms with E-state index in [0.29, 0.717) is 5.91 Å². The standard InChI is InChI=1S/C21H28N4OS/c1-21(2,3)18-4-5-19(23-22-18)24-10-6-15(7-11-24)20(26)25-12-8-17-16(14-25)9-13-27-17/h4-5,9,13,15H,6-8,10-12,14H2,1-3H3. The van der Waals surface area contributed by atoms with Crippen molar-refractivity contribution < 1.29 is 4.79 Å². The van der Waals surface area contributed by atoms with Gasteiger partial charge >= 0.3 is 0 Å². The van der Waals surface area contributed by atoms with Crippen molar-refractivity contribution in [1.29, 1.82) is 0 Å². The Balaban J connectivity index is 1.34. The maximum Gasteiger partial charge on any atom is 0.226 e. The van der Waals surface area contributed by atoms with Crippen molar-refractivity contribution in [3.63, 3.8) is 0 Å². The van der Waals surface area contributed by atoms with Crippen LogP contribution in [0.1, 0.15) is 49.7 Å². The third kappa shape index (κ3) is 3.86. The maximum atomic E-state index is 13.0. The Morgan fingerprint density at radius 3 is 2.56 bits per heavy atom. The van der Waals surface area contributed by atoms with Crippen molar-refractivity contribution in [3.05, 3.63) is 39.7 Å². The minimum atomic E-state index is 0.0156. The Bertz CT molecular complexity index is 800. The summed E-state index contributed by atoms with van der Waals surface area (Å²) < 4.78 is 0. The van der Waals surface area contributed by atoms with Gasteiger partial charge in [-0.15, -0.1) is 16.4 Å². The lowest BCUT2D eigenvalue weighted by atomic mass is 9.92. The summed E-state index contributed by atoms with van der Waals surface area (Å²) in [6.45, 7) is 9.84. The lowest BCUT2D eigenvalue weighted by Gasteiger charge is -2.36. The van der Waals surface area contributed by atoms with Crippen LogP contribution in [0.25, 0.3) is 0 Å². The minimum absolute atomic E-state index is 0.0156. The zero-order valence-electron chi connectivity index (χ0n) is 16.4. The molecule has 2 aliphatic heterocycles. The van der Waals surface area contributed by atoms with Gasteiger partial charge in [-0.2, -0.15) is 5.10 Å². The van der Waals surface area contributed by atoms with Crippen LogP contribution < -0.4 is 4.90 Å². The van der Waals surface area contributed by atoms with Crippen molar-refractivity contribution in [3.8, 4) is 0 Å². The van der Waals surface area contributed by atoms with E-state index in [-0.39, 0.29) is 11.3 Å². The van der Waals surface area contributed by atoms with E-state index in [9.17, 15) is 4.79 Å². The maximum absolute atomic E-state index is 13.0. The lowest BCUT2D eigenvalue weighted by molar-refractivity contribution is -0.137. The summed E-state index contributed by atoms with van der Waals surface area (Å²) in [5.41, 5.74) is 2.36. The molecule has 0 aliphatic carbocycles. The van der Waals surface area contributed by atoms with Crippen molar-refractivity contribution >= 4 is 23.1 Å². The lowest BCUT2D eigenvalue weighted by Crippen LogP contribution is -2.44. The first-order chi connectivity index (χ1) is 12.9. The van der Waals surface area contributed by atoms with E-state index in [1.54, 1.807) is 0 Å². The molecule has 0 spiro atoms. The molecule has 5 nitrogen and oxygen atoms in total. The first-order valence-corrected chi connectivity index (χ1v) is 10.7. The van der Waals surface area contributed by atoms with E-state index < -0.39 is 0 Å². The molecule has 144 valence electrons.